The predicted octanol–water partition coefficient (Wildman–Crippen LogP) is 3.46. The molecule has 0 heterocycles. The molecular weight excluding hydrogens is 312 g/mol. The second-order valence-corrected chi connectivity index (χ2v) is 6.95. The average Bonchev–Trinajstić information content (AvgIpc) is 2.60. The van der Waals surface area contributed by atoms with Crippen molar-refractivity contribution in [1.29, 1.82) is 0 Å². The Balaban J connectivity index is 2.29. The Morgan fingerprint density at radius 1 is 0.870 bits per heavy atom. The van der Waals surface area contributed by atoms with E-state index in [0.717, 1.165) is 0 Å². The molecule has 0 unspecified atom stereocenters. The highest BCUT2D eigenvalue weighted by Gasteiger charge is 2.21. The molecule has 0 spiro atoms. The normalized spacial score (nSPS) is 11.3. The summed E-state index contributed by atoms with van der Waals surface area (Å²) >= 11 is 0. The van der Waals surface area contributed by atoms with Crippen molar-refractivity contribution in [1.82, 2.24) is 0 Å². The lowest BCUT2D eigenvalue weighted by molar-refractivity contribution is 0.0602. The van der Waals surface area contributed by atoms with Crippen molar-refractivity contribution < 1.29 is 17.9 Å². The van der Waals surface area contributed by atoms with E-state index < -0.39 is 15.8 Å². The topological polar surface area (TPSA) is 60.4 Å². The quantitative estimate of drug-likeness (QED) is 0.692. The maximum atomic E-state index is 12.8. The van der Waals surface area contributed by atoms with Crippen LogP contribution in [-0.2, 0) is 14.6 Å². The molecule has 0 radical (unpaired) electrons. The number of hydrogen-bond acceptors (Lipinski definition) is 4. The fraction of sp³-hybridized carbons (Fsp3) is 0.0556. The van der Waals surface area contributed by atoms with Gasteiger partial charge >= 0.3 is 5.97 Å². The summed E-state index contributed by atoms with van der Waals surface area (Å²) in [4.78, 5) is 12.3. The van der Waals surface area contributed by atoms with Crippen LogP contribution in [0.15, 0.2) is 76.5 Å². The molecule has 0 bridgehead atoms. The number of methoxy groups -OCH3 is 1. The SMILES string of the molecule is COC(=O)c1cc(S(=O)(=O)c2ccccc2)cc2ccccc12. The monoisotopic (exact) mass is 326 g/mol. The van der Waals surface area contributed by atoms with E-state index in [-0.39, 0.29) is 15.4 Å². The van der Waals surface area contributed by atoms with Gasteiger partial charge < -0.3 is 4.74 Å². The second-order valence-electron chi connectivity index (χ2n) is 5.00. The molecular formula is C18H14O4S. The summed E-state index contributed by atoms with van der Waals surface area (Å²) in [6.07, 6.45) is 0. The number of sulfone groups is 1. The lowest BCUT2D eigenvalue weighted by Crippen LogP contribution is -2.07. The van der Waals surface area contributed by atoms with E-state index in [1.807, 2.05) is 0 Å². The number of carbonyl (C=O) groups excluding carboxylic acids is 1. The van der Waals surface area contributed by atoms with E-state index >= 15 is 0 Å². The van der Waals surface area contributed by atoms with Gasteiger partial charge in [-0.15, -0.1) is 0 Å². The van der Waals surface area contributed by atoms with Crippen molar-refractivity contribution >= 4 is 26.6 Å². The van der Waals surface area contributed by atoms with Gasteiger partial charge in [-0.3, -0.25) is 0 Å². The Morgan fingerprint density at radius 2 is 1.52 bits per heavy atom. The number of esters is 1. The Hall–Kier alpha value is -2.66. The van der Waals surface area contributed by atoms with Gasteiger partial charge in [0.05, 0.1) is 22.5 Å². The lowest BCUT2D eigenvalue weighted by atomic mass is 10.0. The number of rotatable bonds is 3. The van der Waals surface area contributed by atoms with Gasteiger partial charge in [-0.05, 0) is 35.0 Å². The van der Waals surface area contributed by atoms with E-state index in [9.17, 15) is 13.2 Å². The molecule has 0 aliphatic carbocycles. The van der Waals surface area contributed by atoms with Gasteiger partial charge in [0.2, 0.25) is 9.84 Å². The number of fused-ring (bicyclic) bond motifs is 1. The highest BCUT2D eigenvalue weighted by Crippen LogP contribution is 2.28. The summed E-state index contributed by atoms with van der Waals surface area (Å²) in [5, 5.41) is 1.33. The van der Waals surface area contributed by atoms with E-state index in [1.165, 1.54) is 25.3 Å². The van der Waals surface area contributed by atoms with Gasteiger partial charge in [-0.25, -0.2) is 13.2 Å². The van der Waals surface area contributed by atoms with Crippen LogP contribution in [0, 0.1) is 0 Å². The summed E-state index contributed by atoms with van der Waals surface area (Å²) in [5.74, 6) is -0.564. The molecule has 0 fully saturated rings. The molecule has 0 aliphatic heterocycles. The third-order valence-corrected chi connectivity index (χ3v) is 5.35. The average molecular weight is 326 g/mol. The van der Waals surface area contributed by atoms with Gasteiger partial charge in [0.1, 0.15) is 0 Å². The Labute approximate surface area is 134 Å². The van der Waals surface area contributed by atoms with Crippen molar-refractivity contribution in [3.8, 4) is 0 Å². The van der Waals surface area contributed by atoms with Crippen molar-refractivity contribution in [2.24, 2.45) is 0 Å². The largest absolute Gasteiger partial charge is 0.465 e. The van der Waals surface area contributed by atoms with Crippen molar-refractivity contribution in [2.45, 2.75) is 9.79 Å². The summed E-state index contributed by atoms with van der Waals surface area (Å²) in [7, 11) is -2.43. The molecule has 0 aliphatic rings. The zero-order chi connectivity index (χ0) is 16.4. The Bertz CT molecular complexity index is 976. The highest BCUT2D eigenvalue weighted by atomic mass is 32.2. The molecule has 3 rings (SSSR count). The molecule has 0 saturated carbocycles. The standard InChI is InChI=1S/C18H14O4S/c1-22-18(19)17-12-15(11-13-7-5-6-10-16(13)17)23(20,21)14-8-3-2-4-9-14/h2-12H,1H3. The first-order chi connectivity index (χ1) is 11.0. The molecule has 4 nitrogen and oxygen atoms in total. The maximum absolute atomic E-state index is 12.8. The fourth-order valence-corrected chi connectivity index (χ4v) is 3.80. The lowest BCUT2D eigenvalue weighted by Gasteiger charge is -2.10. The van der Waals surface area contributed by atoms with Crippen molar-refractivity contribution in [3.63, 3.8) is 0 Å². The molecule has 23 heavy (non-hydrogen) atoms. The minimum atomic E-state index is -3.70. The third-order valence-electron chi connectivity index (χ3n) is 3.60. The zero-order valence-electron chi connectivity index (χ0n) is 12.4. The summed E-state index contributed by atoms with van der Waals surface area (Å²) in [5.41, 5.74) is 0.236. The van der Waals surface area contributed by atoms with Crippen LogP contribution in [0.25, 0.3) is 10.8 Å². The number of hydrogen-bond donors (Lipinski definition) is 0. The van der Waals surface area contributed by atoms with E-state index in [1.54, 1.807) is 48.5 Å². The number of ether oxygens (including phenoxy) is 1. The Kier molecular flexibility index (Phi) is 3.88. The summed E-state index contributed by atoms with van der Waals surface area (Å²) < 4.78 is 30.4. The first-order valence-corrected chi connectivity index (χ1v) is 8.43. The molecule has 0 aromatic heterocycles. The summed E-state index contributed by atoms with van der Waals surface area (Å²) in [6, 6.07) is 18.2. The molecule has 0 atom stereocenters. The number of benzene rings is 3. The smallest absolute Gasteiger partial charge is 0.338 e. The van der Waals surface area contributed by atoms with E-state index in [2.05, 4.69) is 0 Å². The van der Waals surface area contributed by atoms with Gasteiger partial charge in [0, 0.05) is 0 Å². The van der Waals surface area contributed by atoms with Crippen LogP contribution < -0.4 is 0 Å². The highest BCUT2D eigenvalue weighted by molar-refractivity contribution is 7.91. The molecule has 3 aromatic carbocycles. The van der Waals surface area contributed by atoms with Crippen LogP contribution >= 0.6 is 0 Å². The third kappa shape index (κ3) is 2.71. The van der Waals surface area contributed by atoms with Crippen LogP contribution in [0.4, 0.5) is 0 Å². The van der Waals surface area contributed by atoms with Gasteiger partial charge in [0.25, 0.3) is 0 Å². The first-order valence-electron chi connectivity index (χ1n) is 6.95. The molecule has 116 valence electrons. The molecule has 5 heteroatoms. The zero-order valence-corrected chi connectivity index (χ0v) is 13.2. The van der Waals surface area contributed by atoms with Crippen LogP contribution in [-0.4, -0.2) is 21.5 Å². The fourth-order valence-electron chi connectivity index (χ4n) is 2.45. The van der Waals surface area contributed by atoms with Gasteiger partial charge in [-0.2, -0.15) is 0 Å². The summed E-state index contributed by atoms with van der Waals surface area (Å²) in [6.45, 7) is 0. The molecule has 0 N–H and O–H groups in total. The minimum absolute atomic E-state index is 0.0720. The van der Waals surface area contributed by atoms with Crippen LogP contribution in [0.5, 0.6) is 0 Å². The van der Waals surface area contributed by atoms with Crippen molar-refractivity contribution in [2.75, 3.05) is 7.11 Å². The predicted molar refractivity (Wildman–Crippen MR) is 87.2 cm³/mol. The molecule has 0 amide bonds. The van der Waals surface area contributed by atoms with Crippen molar-refractivity contribution in [3.05, 3.63) is 72.3 Å². The maximum Gasteiger partial charge on any atom is 0.338 e. The van der Waals surface area contributed by atoms with E-state index in [0.29, 0.717) is 10.8 Å². The van der Waals surface area contributed by atoms with Crippen LogP contribution in [0.1, 0.15) is 10.4 Å². The van der Waals surface area contributed by atoms with Crippen LogP contribution in [0.3, 0.4) is 0 Å². The molecule has 3 aromatic rings. The Morgan fingerprint density at radius 3 is 2.22 bits per heavy atom. The molecule has 0 saturated heterocycles. The minimum Gasteiger partial charge on any atom is -0.465 e. The van der Waals surface area contributed by atoms with E-state index in [4.69, 9.17) is 4.74 Å². The van der Waals surface area contributed by atoms with Crippen LogP contribution in [0.2, 0.25) is 0 Å². The van der Waals surface area contributed by atoms with Gasteiger partial charge in [-0.1, -0.05) is 42.5 Å². The second kappa shape index (κ2) is 5.85. The van der Waals surface area contributed by atoms with Gasteiger partial charge in [0.15, 0.2) is 0 Å². The number of carbonyl (C=O) groups is 1. The first kappa shape index (κ1) is 15.2.